The van der Waals surface area contributed by atoms with Gasteiger partial charge >= 0.3 is 5.97 Å². The van der Waals surface area contributed by atoms with Gasteiger partial charge in [-0.2, -0.15) is 0 Å². The zero-order valence-electron chi connectivity index (χ0n) is 18.0. The summed E-state index contributed by atoms with van der Waals surface area (Å²) in [7, 11) is 0. The third kappa shape index (κ3) is 6.07. The van der Waals surface area contributed by atoms with E-state index in [0.29, 0.717) is 24.0 Å². The maximum Gasteiger partial charge on any atom is 0.347 e. The maximum absolute atomic E-state index is 13.1. The highest BCUT2D eigenvalue weighted by Gasteiger charge is 2.29. The Labute approximate surface area is 182 Å². The Morgan fingerprint density at radius 3 is 2.35 bits per heavy atom. The van der Waals surface area contributed by atoms with Crippen LogP contribution in [-0.2, 0) is 4.79 Å². The monoisotopic (exact) mass is 422 g/mol. The first kappa shape index (κ1) is 22.3. The Balaban J connectivity index is 1.51. The Morgan fingerprint density at radius 2 is 1.77 bits per heavy atom. The summed E-state index contributed by atoms with van der Waals surface area (Å²) in [6.45, 7) is 5.53. The van der Waals surface area contributed by atoms with Crippen LogP contribution in [-0.4, -0.2) is 23.3 Å². The van der Waals surface area contributed by atoms with E-state index in [-0.39, 0.29) is 5.82 Å². The van der Waals surface area contributed by atoms with Gasteiger partial charge in [-0.3, -0.25) is 0 Å². The Bertz CT molecular complexity index is 999. The first-order valence-electron chi connectivity index (χ1n) is 10.2. The molecular weight excluding hydrogens is 395 g/mol. The number of carbonyl (C=O) groups is 1. The van der Waals surface area contributed by atoms with Crippen molar-refractivity contribution in [2.45, 2.75) is 32.8 Å². The average Bonchev–Trinajstić information content (AvgIpc) is 2.75. The van der Waals surface area contributed by atoms with Crippen LogP contribution in [0.3, 0.4) is 0 Å². The van der Waals surface area contributed by atoms with Gasteiger partial charge in [-0.25, -0.2) is 9.18 Å². The highest BCUT2D eigenvalue weighted by Crippen LogP contribution is 2.28. The van der Waals surface area contributed by atoms with Crippen LogP contribution in [0.15, 0.2) is 78.4 Å². The molecule has 0 aromatic heterocycles. The number of rotatable bonds is 8. The second-order valence-corrected chi connectivity index (χ2v) is 8.02. The number of carboxylic acid groups (broad SMARTS) is 1. The van der Waals surface area contributed by atoms with Crippen LogP contribution >= 0.6 is 0 Å². The molecule has 0 saturated heterocycles. The second-order valence-electron chi connectivity index (χ2n) is 8.02. The minimum absolute atomic E-state index is 0.230. The zero-order chi connectivity index (χ0) is 22.4. The smallest absolute Gasteiger partial charge is 0.347 e. The van der Waals surface area contributed by atoms with Crippen molar-refractivity contribution in [3.63, 3.8) is 0 Å². The molecule has 1 N–H and O–H groups in total. The molecule has 162 valence electrons. The van der Waals surface area contributed by atoms with E-state index in [0.717, 1.165) is 17.6 Å². The first-order chi connectivity index (χ1) is 14.7. The van der Waals surface area contributed by atoms with E-state index < -0.39 is 11.6 Å². The molecule has 4 nitrogen and oxygen atoms in total. The standard InChI is InChI=1S/C26H27FO4/c1-18(19-4-6-20(7-5-19)21-8-10-22(27)11-9-21)16-17-30-23-12-14-24(15-13-23)31-26(2,3)25(28)29/h4,6-16,19H,5,17H2,1-3H3,(H,28,29)/b18-16+. The highest BCUT2D eigenvalue weighted by atomic mass is 19.1. The number of hydrogen-bond acceptors (Lipinski definition) is 3. The van der Waals surface area contributed by atoms with Gasteiger partial charge < -0.3 is 14.6 Å². The topological polar surface area (TPSA) is 55.8 Å². The van der Waals surface area contributed by atoms with Crippen LogP contribution in [0.5, 0.6) is 11.5 Å². The Kier molecular flexibility index (Phi) is 6.95. The molecule has 0 saturated carbocycles. The lowest BCUT2D eigenvalue weighted by Crippen LogP contribution is -2.37. The van der Waals surface area contributed by atoms with E-state index in [1.54, 1.807) is 36.4 Å². The van der Waals surface area contributed by atoms with Crippen LogP contribution < -0.4 is 9.47 Å². The molecular formula is C26H27FO4. The van der Waals surface area contributed by atoms with Crippen molar-refractivity contribution in [3.05, 3.63) is 89.8 Å². The van der Waals surface area contributed by atoms with Crippen LogP contribution in [0.1, 0.15) is 32.8 Å². The third-order valence-corrected chi connectivity index (χ3v) is 5.23. The summed E-state index contributed by atoms with van der Waals surface area (Å²) < 4.78 is 24.4. The Hall–Kier alpha value is -3.34. The summed E-state index contributed by atoms with van der Waals surface area (Å²) in [5.74, 6) is 0.212. The molecule has 1 aliphatic rings. The fraction of sp³-hybridized carbons (Fsp3) is 0.269. The molecule has 0 amide bonds. The minimum Gasteiger partial charge on any atom is -0.490 e. The maximum atomic E-state index is 13.1. The molecule has 1 aliphatic carbocycles. The fourth-order valence-corrected chi connectivity index (χ4v) is 3.18. The van der Waals surface area contributed by atoms with Crippen molar-refractivity contribution in [2.24, 2.45) is 5.92 Å². The molecule has 0 bridgehead atoms. The molecule has 3 rings (SSSR count). The number of ether oxygens (including phenoxy) is 2. The van der Waals surface area contributed by atoms with Gasteiger partial charge in [0.15, 0.2) is 5.60 Å². The molecule has 0 radical (unpaired) electrons. The largest absolute Gasteiger partial charge is 0.490 e. The van der Waals surface area contributed by atoms with Crippen LogP contribution in [0.2, 0.25) is 0 Å². The van der Waals surface area contributed by atoms with Crippen LogP contribution in [0.25, 0.3) is 5.57 Å². The van der Waals surface area contributed by atoms with Gasteiger partial charge in [0.25, 0.3) is 0 Å². The Morgan fingerprint density at radius 1 is 1.13 bits per heavy atom. The molecule has 0 fully saturated rings. The molecule has 0 heterocycles. The zero-order valence-corrected chi connectivity index (χ0v) is 18.0. The molecule has 0 spiro atoms. The first-order valence-corrected chi connectivity index (χ1v) is 10.2. The summed E-state index contributed by atoms with van der Waals surface area (Å²) in [6.07, 6.45) is 9.37. The second kappa shape index (κ2) is 9.65. The summed E-state index contributed by atoms with van der Waals surface area (Å²) in [6, 6.07) is 13.4. The van der Waals surface area contributed by atoms with Gasteiger partial charge in [-0.15, -0.1) is 0 Å². The summed E-state index contributed by atoms with van der Waals surface area (Å²) >= 11 is 0. The van der Waals surface area contributed by atoms with Gasteiger partial charge in [-0.1, -0.05) is 35.9 Å². The molecule has 31 heavy (non-hydrogen) atoms. The van der Waals surface area contributed by atoms with Gasteiger partial charge in [0.2, 0.25) is 0 Å². The SMILES string of the molecule is C/C(=C\COc1ccc(OC(C)(C)C(=O)O)cc1)C1C=CC(c2ccc(F)cc2)=CC1. The van der Waals surface area contributed by atoms with Gasteiger partial charge in [0, 0.05) is 5.92 Å². The lowest BCUT2D eigenvalue weighted by Gasteiger charge is -2.21. The van der Waals surface area contributed by atoms with Crippen LogP contribution in [0, 0.1) is 11.7 Å². The van der Waals surface area contributed by atoms with E-state index in [1.807, 2.05) is 0 Å². The van der Waals surface area contributed by atoms with E-state index in [1.165, 1.54) is 31.6 Å². The van der Waals surface area contributed by atoms with Crippen LogP contribution in [0.4, 0.5) is 4.39 Å². The number of carboxylic acids is 1. The summed E-state index contributed by atoms with van der Waals surface area (Å²) in [4.78, 5) is 11.2. The predicted octanol–water partition coefficient (Wildman–Crippen LogP) is 6.05. The molecule has 2 aromatic carbocycles. The summed E-state index contributed by atoms with van der Waals surface area (Å²) in [5.41, 5.74) is 2.04. The third-order valence-electron chi connectivity index (χ3n) is 5.23. The molecule has 0 aliphatic heterocycles. The van der Waals surface area contributed by atoms with Gasteiger partial charge in [0.05, 0.1) is 0 Å². The number of aliphatic carboxylic acids is 1. The van der Waals surface area contributed by atoms with Crippen molar-refractivity contribution in [3.8, 4) is 11.5 Å². The molecule has 1 atom stereocenters. The van der Waals surface area contributed by atoms with E-state index in [4.69, 9.17) is 14.6 Å². The number of allylic oxidation sites excluding steroid dienone is 5. The van der Waals surface area contributed by atoms with Crippen molar-refractivity contribution in [2.75, 3.05) is 6.61 Å². The van der Waals surface area contributed by atoms with Gasteiger partial charge in [-0.05, 0) is 80.8 Å². The van der Waals surface area contributed by atoms with Crippen molar-refractivity contribution < 1.29 is 23.8 Å². The van der Waals surface area contributed by atoms with Crippen molar-refractivity contribution >= 4 is 11.5 Å². The average molecular weight is 422 g/mol. The fourth-order valence-electron chi connectivity index (χ4n) is 3.18. The number of hydrogen-bond donors (Lipinski definition) is 1. The molecule has 5 heteroatoms. The van der Waals surface area contributed by atoms with Gasteiger partial charge in [0.1, 0.15) is 23.9 Å². The predicted molar refractivity (Wildman–Crippen MR) is 120 cm³/mol. The van der Waals surface area contributed by atoms with E-state index in [2.05, 4.69) is 31.2 Å². The molecule has 2 aromatic rings. The lowest BCUT2D eigenvalue weighted by atomic mass is 9.88. The van der Waals surface area contributed by atoms with Crippen molar-refractivity contribution in [1.29, 1.82) is 0 Å². The highest BCUT2D eigenvalue weighted by molar-refractivity contribution is 5.77. The summed E-state index contributed by atoms with van der Waals surface area (Å²) in [5, 5.41) is 9.14. The van der Waals surface area contributed by atoms with E-state index in [9.17, 15) is 9.18 Å². The van der Waals surface area contributed by atoms with E-state index >= 15 is 0 Å². The van der Waals surface area contributed by atoms with Crippen molar-refractivity contribution in [1.82, 2.24) is 0 Å². The minimum atomic E-state index is -1.29. The number of benzene rings is 2. The normalized spacial score (nSPS) is 16.6. The number of halogens is 1. The lowest BCUT2D eigenvalue weighted by molar-refractivity contribution is -0.152. The molecule has 1 unspecified atom stereocenters. The quantitative estimate of drug-likeness (QED) is 0.526.